The fourth-order valence-electron chi connectivity index (χ4n) is 2.94. The number of hydrogen-bond acceptors (Lipinski definition) is 5. The molecule has 0 bridgehead atoms. The van der Waals surface area contributed by atoms with E-state index in [2.05, 4.69) is 21.2 Å². The summed E-state index contributed by atoms with van der Waals surface area (Å²) >= 11 is 5.90. The number of carbonyl (C=O) groups is 3. The molecule has 0 unspecified atom stereocenters. The molecular weight excluding hydrogens is 456 g/mol. The number of rotatable bonds is 8. The molecule has 3 aromatic carbocycles. The van der Waals surface area contributed by atoms with Crippen LogP contribution in [0, 0.1) is 0 Å². The average Bonchev–Trinajstić information content (AvgIpc) is 2.83. The maximum absolute atomic E-state index is 12.1. The first kappa shape index (κ1) is 24.5. The minimum Gasteiger partial charge on any atom is -0.484 e. The molecule has 8 nitrogen and oxygen atoms in total. The van der Waals surface area contributed by atoms with Gasteiger partial charge in [-0.25, -0.2) is 5.43 Å². The number of amides is 3. The van der Waals surface area contributed by atoms with Crippen LogP contribution >= 0.6 is 11.6 Å². The number of halogens is 1. The Bertz CT molecular complexity index is 1210. The zero-order chi connectivity index (χ0) is 24.3. The van der Waals surface area contributed by atoms with E-state index in [4.69, 9.17) is 16.3 Å². The third-order valence-corrected chi connectivity index (χ3v) is 4.80. The summed E-state index contributed by atoms with van der Waals surface area (Å²) < 4.78 is 5.51. The molecule has 0 aliphatic carbocycles. The first-order valence-corrected chi connectivity index (χ1v) is 10.8. The van der Waals surface area contributed by atoms with Crippen LogP contribution in [0.2, 0.25) is 5.02 Å². The number of aryl methyl sites for hydroxylation is 1. The van der Waals surface area contributed by atoms with Gasteiger partial charge in [-0.3, -0.25) is 14.4 Å². The molecule has 0 saturated carbocycles. The molecule has 3 N–H and O–H groups in total. The van der Waals surface area contributed by atoms with Gasteiger partial charge < -0.3 is 15.4 Å². The molecule has 3 aromatic rings. The van der Waals surface area contributed by atoms with Crippen molar-refractivity contribution in [3.8, 4) is 5.75 Å². The van der Waals surface area contributed by atoms with Gasteiger partial charge in [-0.2, -0.15) is 5.10 Å². The number of anilines is 2. The number of carbonyl (C=O) groups excluding carboxylic acids is 3. The largest absolute Gasteiger partial charge is 0.484 e. The Balaban J connectivity index is 1.49. The molecule has 0 atom stereocenters. The lowest BCUT2D eigenvalue weighted by Gasteiger charge is -2.09. The van der Waals surface area contributed by atoms with Gasteiger partial charge in [0.1, 0.15) is 5.75 Å². The van der Waals surface area contributed by atoms with Crippen molar-refractivity contribution in [3.63, 3.8) is 0 Å². The highest BCUT2D eigenvalue weighted by molar-refractivity contribution is 6.39. The van der Waals surface area contributed by atoms with Crippen molar-refractivity contribution < 1.29 is 19.1 Å². The Morgan fingerprint density at radius 2 is 1.74 bits per heavy atom. The van der Waals surface area contributed by atoms with Gasteiger partial charge in [0.2, 0.25) is 0 Å². The number of ether oxygens (including phenoxy) is 1. The second-order valence-electron chi connectivity index (χ2n) is 7.08. The van der Waals surface area contributed by atoms with Crippen LogP contribution in [0.3, 0.4) is 0 Å². The highest BCUT2D eigenvalue weighted by Crippen LogP contribution is 2.16. The smallest absolute Gasteiger partial charge is 0.329 e. The Hall–Kier alpha value is -4.17. The minimum absolute atomic E-state index is 0.205. The van der Waals surface area contributed by atoms with E-state index < -0.39 is 11.8 Å². The third-order valence-electron chi connectivity index (χ3n) is 4.57. The summed E-state index contributed by atoms with van der Waals surface area (Å²) in [6.45, 7) is 1.75. The van der Waals surface area contributed by atoms with Gasteiger partial charge in [-0.05, 0) is 53.9 Å². The Labute approximate surface area is 202 Å². The summed E-state index contributed by atoms with van der Waals surface area (Å²) in [6, 6.07) is 20.8. The Morgan fingerprint density at radius 1 is 0.941 bits per heavy atom. The zero-order valence-electron chi connectivity index (χ0n) is 18.4. The lowest BCUT2D eigenvalue weighted by Crippen LogP contribution is -2.32. The fraction of sp³-hybridized carbons (Fsp3) is 0.120. The standard InChI is InChI=1S/C25H23ClN4O4/c1-2-18-8-3-4-12-22(18)29-24(32)25(33)30-27-15-17-7-5-11-21(13-17)34-16-23(31)28-20-10-6-9-19(26)14-20/h3-15H,2,16H2,1H3,(H,28,31)(H,29,32)(H,30,33)/b27-15-. The monoisotopic (exact) mass is 478 g/mol. The zero-order valence-corrected chi connectivity index (χ0v) is 19.1. The van der Waals surface area contributed by atoms with E-state index in [0.29, 0.717) is 27.7 Å². The van der Waals surface area contributed by atoms with Gasteiger partial charge in [0, 0.05) is 16.4 Å². The molecule has 0 saturated heterocycles. The lowest BCUT2D eigenvalue weighted by atomic mass is 10.1. The van der Waals surface area contributed by atoms with E-state index in [9.17, 15) is 14.4 Å². The molecule has 34 heavy (non-hydrogen) atoms. The van der Waals surface area contributed by atoms with E-state index in [1.54, 1.807) is 60.7 Å². The number of hydrazone groups is 1. The SMILES string of the molecule is CCc1ccccc1NC(=O)C(=O)N/N=C\c1cccc(OCC(=O)Nc2cccc(Cl)c2)c1. The predicted molar refractivity (Wildman–Crippen MR) is 132 cm³/mol. The van der Waals surface area contributed by atoms with Crippen LogP contribution in [0.4, 0.5) is 11.4 Å². The molecule has 3 amide bonds. The second-order valence-corrected chi connectivity index (χ2v) is 7.52. The Kier molecular flexibility index (Phi) is 8.76. The summed E-state index contributed by atoms with van der Waals surface area (Å²) in [7, 11) is 0. The van der Waals surface area contributed by atoms with Crippen LogP contribution in [0.15, 0.2) is 77.9 Å². The number of benzene rings is 3. The Morgan fingerprint density at radius 3 is 2.53 bits per heavy atom. The number of hydrogen-bond donors (Lipinski definition) is 3. The average molecular weight is 479 g/mol. The summed E-state index contributed by atoms with van der Waals surface area (Å²) in [6.07, 6.45) is 2.08. The van der Waals surface area contributed by atoms with Gasteiger partial charge in [0.25, 0.3) is 5.91 Å². The predicted octanol–water partition coefficient (Wildman–Crippen LogP) is 4.01. The van der Waals surface area contributed by atoms with Crippen molar-refractivity contribution >= 4 is 46.9 Å². The summed E-state index contributed by atoms with van der Waals surface area (Å²) in [5.41, 5.74) is 4.87. The van der Waals surface area contributed by atoms with Crippen molar-refractivity contribution in [2.24, 2.45) is 5.10 Å². The van der Waals surface area contributed by atoms with Gasteiger partial charge in [-0.1, -0.05) is 54.9 Å². The maximum Gasteiger partial charge on any atom is 0.329 e. The highest BCUT2D eigenvalue weighted by atomic mass is 35.5. The minimum atomic E-state index is -0.896. The van der Waals surface area contributed by atoms with Crippen molar-refractivity contribution in [2.45, 2.75) is 13.3 Å². The summed E-state index contributed by atoms with van der Waals surface area (Å²) in [5, 5.41) is 9.60. The van der Waals surface area contributed by atoms with Gasteiger partial charge in [0.15, 0.2) is 6.61 Å². The molecule has 3 rings (SSSR count). The first-order valence-electron chi connectivity index (χ1n) is 10.4. The molecule has 9 heteroatoms. The van der Waals surface area contributed by atoms with E-state index in [1.165, 1.54) is 6.21 Å². The molecule has 0 aliphatic heterocycles. The van der Waals surface area contributed by atoms with Crippen LogP contribution in [-0.2, 0) is 20.8 Å². The van der Waals surface area contributed by atoms with Gasteiger partial charge in [-0.15, -0.1) is 0 Å². The van der Waals surface area contributed by atoms with E-state index >= 15 is 0 Å². The normalized spacial score (nSPS) is 10.5. The summed E-state index contributed by atoms with van der Waals surface area (Å²) in [5.74, 6) is -1.62. The molecule has 0 spiro atoms. The molecule has 0 aromatic heterocycles. The van der Waals surface area contributed by atoms with Crippen LogP contribution < -0.4 is 20.8 Å². The van der Waals surface area contributed by atoms with Crippen molar-refractivity contribution in [3.05, 3.63) is 88.9 Å². The topological polar surface area (TPSA) is 109 Å². The summed E-state index contributed by atoms with van der Waals surface area (Å²) in [4.78, 5) is 36.2. The van der Waals surface area contributed by atoms with Crippen LogP contribution in [0.5, 0.6) is 5.75 Å². The second kappa shape index (κ2) is 12.2. The van der Waals surface area contributed by atoms with Crippen molar-refractivity contribution in [1.29, 1.82) is 0 Å². The number of nitrogens with one attached hydrogen (secondary N) is 3. The van der Waals surface area contributed by atoms with E-state index in [1.807, 2.05) is 19.1 Å². The molecule has 0 fully saturated rings. The molecule has 0 aliphatic rings. The molecule has 0 radical (unpaired) electrons. The van der Waals surface area contributed by atoms with Crippen molar-refractivity contribution in [1.82, 2.24) is 5.43 Å². The van der Waals surface area contributed by atoms with Gasteiger partial charge >= 0.3 is 11.8 Å². The number of nitrogens with zero attached hydrogens (tertiary/aromatic N) is 1. The number of para-hydroxylation sites is 1. The third kappa shape index (κ3) is 7.46. The van der Waals surface area contributed by atoms with Crippen molar-refractivity contribution in [2.75, 3.05) is 17.2 Å². The van der Waals surface area contributed by atoms with E-state index in [0.717, 1.165) is 12.0 Å². The molecular formula is C25H23ClN4O4. The molecule has 0 heterocycles. The van der Waals surface area contributed by atoms with Crippen LogP contribution in [0.1, 0.15) is 18.1 Å². The molecule has 174 valence electrons. The highest BCUT2D eigenvalue weighted by Gasteiger charge is 2.14. The first-order chi connectivity index (χ1) is 16.4. The maximum atomic E-state index is 12.1. The van der Waals surface area contributed by atoms with Gasteiger partial charge in [0.05, 0.1) is 6.21 Å². The van der Waals surface area contributed by atoms with Crippen LogP contribution in [-0.4, -0.2) is 30.5 Å². The quantitative estimate of drug-likeness (QED) is 0.258. The fourth-order valence-corrected chi connectivity index (χ4v) is 3.13. The van der Waals surface area contributed by atoms with E-state index in [-0.39, 0.29) is 12.5 Å². The van der Waals surface area contributed by atoms with Crippen LogP contribution in [0.25, 0.3) is 0 Å². The lowest BCUT2D eigenvalue weighted by molar-refractivity contribution is -0.136.